The van der Waals surface area contributed by atoms with E-state index in [4.69, 9.17) is 0 Å². The number of amides is 1. The molecule has 6 heteroatoms. The first-order valence-electron chi connectivity index (χ1n) is 12.5. The van der Waals surface area contributed by atoms with E-state index in [1.165, 1.54) is 0 Å². The molecule has 2 atom stereocenters. The molecular formula is C27H53N3O3. The van der Waals surface area contributed by atoms with Crippen LogP contribution in [0.15, 0.2) is 0 Å². The predicted octanol–water partition coefficient (Wildman–Crippen LogP) is 4.80. The standard InChI is InChI=1S/C27H53N3O3/c1-24(2,3)22(32)19(29-26(7,8)9)15-13-14-18-28-21(31)17-16-20(30-27(10,11)12)23(33)25(4,5)6/h19-20,29-30H,13-18H2,1-12H3,(H,28,31). The fourth-order valence-electron chi connectivity index (χ4n) is 3.69. The molecule has 33 heavy (non-hydrogen) atoms. The van der Waals surface area contributed by atoms with Gasteiger partial charge in [-0.05, 0) is 67.2 Å². The van der Waals surface area contributed by atoms with Crippen LogP contribution in [0.3, 0.4) is 0 Å². The summed E-state index contributed by atoms with van der Waals surface area (Å²) in [6.45, 7) is 24.5. The molecule has 1 amide bonds. The zero-order chi connectivity index (χ0) is 26.3. The number of hydrogen-bond donors (Lipinski definition) is 3. The summed E-state index contributed by atoms with van der Waals surface area (Å²) in [5.41, 5.74) is -1.19. The first-order chi connectivity index (χ1) is 14.6. The third-order valence-corrected chi connectivity index (χ3v) is 5.23. The van der Waals surface area contributed by atoms with Crippen LogP contribution >= 0.6 is 0 Å². The number of carbonyl (C=O) groups is 3. The second kappa shape index (κ2) is 12.4. The first kappa shape index (κ1) is 31.7. The van der Waals surface area contributed by atoms with Crippen molar-refractivity contribution in [1.82, 2.24) is 16.0 Å². The highest BCUT2D eigenvalue weighted by atomic mass is 16.2. The maximum atomic E-state index is 12.8. The summed E-state index contributed by atoms with van der Waals surface area (Å²) in [5, 5.41) is 9.82. The van der Waals surface area contributed by atoms with Crippen LogP contribution in [0.4, 0.5) is 0 Å². The van der Waals surface area contributed by atoms with Gasteiger partial charge in [0, 0.05) is 34.9 Å². The Hall–Kier alpha value is -1.27. The van der Waals surface area contributed by atoms with Crippen LogP contribution in [0.1, 0.15) is 115 Å². The summed E-state index contributed by atoms with van der Waals surface area (Å²) in [6.07, 6.45) is 3.21. The first-order valence-corrected chi connectivity index (χ1v) is 12.5. The minimum atomic E-state index is -0.457. The number of carbonyl (C=O) groups excluding carboxylic acids is 3. The highest BCUT2D eigenvalue weighted by molar-refractivity contribution is 5.89. The van der Waals surface area contributed by atoms with Gasteiger partial charge in [0.2, 0.25) is 5.91 Å². The maximum Gasteiger partial charge on any atom is 0.220 e. The third-order valence-electron chi connectivity index (χ3n) is 5.23. The van der Waals surface area contributed by atoms with Gasteiger partial charge in [-0.15, -0.1) is 0 Å². The van der Waals surface area contributed by atoms with Crippen molar-refractivity contribution in [2.45, 2.75) is 138 Å². The van der Waals surface area contributed by atoms with Gasteiger partial charge in [-0.25, -0.2) is 0 Å². The normalized spacial score (nSPS) is 15.2. The summed E-state index contributed by atoms with van der Waals surface area (Å²) in [5.74, 6) is 0.320. The fraction of sp³-hybridized carbons (Fsp3) is 0.889. The van der Waals surface area contributed by atoms with E-state index in [9.17, 15) is 14.4 Å². The second-order valence-electron chi connectivity index (χ2n) is 13.5. The summed E-state index contributed by atoms with van der Waals surface area (Å²) in [6, 6.07) is -0.531. The molecule has 3 N–H and O–H groups in total. The topological polar surface area (TPSA) is 87.3 Å². The zero-order valence-electron chi connectivity index (χ0n) is 23.6. The lowest BCUT2D eigenvalue weighted by atomic mass is 9.83. The molecule has 0 heterocycles. The number of ketones is 2. The minimum absolute atomic E-state index is 0.0347. The lowest BCUT2D eigenvalue weighted by molar-refractivity contribution is -0.130. The van der Waals surface area contributed by atoms with E-state index >= 15 is 0 Å². The van der Waals surface area contributed by atoms with Crippen molar-refractivity contribution in [2.75, 3.05) is 6.54 Å². The Kier molecular flexibility index (Phi) is 12.0. The molecule has 0 aliphatic heterocycles. The molecule has 0 aromatic rings. The van der Waals surface area contributed by atoms with Gasteiger partial charge in [-0.1, -0.05) is 41.5 Å². The monoisotopic (exact) mass is 467 g/mol. The van der Waals surface area contributed by atoms with Crippen LogP contribution in [0.2, 0.25) is 0 Å². The Balaban J connectivity index is 4.63. The largest absolute Gasteiger partial charge is 0.356 e. The van der Waals surface area contributed by atoms with Gasteiger partial charge in [0.15, 0.2) is 11.6 Å². The van der Waals surface area contributed by atoms with E-state index in [0.29, 0.717) is 19.4 Å². The Morgan fingerprint density at radius 3 is 1.36 bits per heavy atom. The summed E-state index contributed by atoms with van der Waals surface area (Å²) < 4.78 is 0. The number of unbranched alkanes of at least 4 members (excludes halogenated alkanes) is 1. The van der Waals surface area contributed by atoms with Crippen molar-refractivity contribution in [1.29, 1.82) is 0 Å². The third kappa shape index (κ3) is 14.6. The average Bonchev–Trinajstić information content (AvgIpc) is 2.59. The minimum Gasteiger partial charge on any atom is -0.356 e. The fourth-order valence-corrected chi connectivity index (χ4v) is 3.69. The second-order valence-corrected chi connectivity index (χ2v) is 13.5. The van der Waals surface area contributed by atoms with E-state index in [2.05, 4.69) is 36.7 Å². The van der Waals surface area contributed by atoms with Crippen LogP contribution in [0.5, 0.6) is 0 Å². The highest BCUT2D eigenvalue weighted by Crippen LogP contribution is 2.22. The number of nitrogens with one attached hydrogen (secondary N) is 3. The van der Waals surface area contributed by atoms with Gasteiger partial charge in [-0.2, -0.15) is 0 Å². The van der Waals surface area contributed by atoms with Gasteiger partial charge >= 0.3 is 0 Å². The van der Waals surface area contributed by atoms with Gasteiger partial charge < -0.3 is 16.0 Å². The van der Waals surface area contributed by atoms with E-state index in [-0.39, 0.29) is 46.1 Å². The SMILES string of the molecule is CC(C)(C)NC(CCCCNC(=O)CCC(NC(C)(C)C)C(=O)C(C)(C)C)C(=O)C(C)(C)C. The quantitative estimate of drug-likeness (QED) is 0.359. The van der Waals surface area contributed by atoms with Crippen LogP contribution < -0.4 is 16.0 Å². The van der Waals surface area contributed by atoms with E-state index < -0.39 is 5.41 Å². The molecule has 0 saturated carbocycles. The van der Waals surface area contributed by atoms with Crippen LogP contribution in [0.25, 0.3) is 0 Å². The molecule has 0 aliphatic carbocycles. The Morgan fingerprint density at radius 2 is 1.00 bits per heavy atom. The Morgan fingerprint density at radius 1 is 0.606 bits per heavy atom. The molecule has 0 saturated heterocycles. The Labute approximate surface area is 203 Å². The van der Waals surface area contributed by atoms with Crippen LogP contribution in [0, 0.1) is 10.8 Å². The van der Waals surface area contributed by atoms with Crippen LogP contribution in [-0.4, -0.2) is 47.2 Å². The smallest absolute Gasteiger partial charge is 0.220 e. The number of hydrogen-bond acceptors (Lipinski definition) is 5. The zero-order valence-corrected chi connectivity index (χ0v) is 23.6. The summed E-state index contributed by atoms with van der Waals surface area (Å²) in [7, 11) is 0. The molecule has 0 fully saturated rings. The van der Waals surface area contributed by atoms with E-state index in [1.807, 2.05) is 62.3 Å². The van der Waals surface area contributed by atoms with Gasteiger partial charge in [0.1, 0.15) is 0 Å². The van der Waals surface area contributed by atoms with Crippen molar-refractivity contribution >= 4 is 17.5 Å². The molecule has 0 aliphatic rings. The molecule has 0 spiro atoms. The summed E-state index contributed by atoms with van der Waals surface area (Å²) >= 11 is 0. The predicted molar refractivity (Wildman–Crippen MR) is 138 cm³/mol. The molecule has 0 rings (SSSR count). The van der Waals surface area contributed by atoms with Gasteiger partial charge in [-0.3, -0.25) is 14.4 Å². The van der Waals surface area contributed by atoms with Crippen molar-refractivity contribution in [2.24, 2.45) is 10.8 Å². The van der Waals surface area contributed by atoms with Crippen molar-refractivity contribution < 1.29 is 14.4 Å². The maximum absolute atomic E-state index is 12.8. The molecule has 0 bridgehead atoms. The van der Waals surface area contributed by atoms with E-state index in [1.54, 1.807) is 0 Å². The number of Topliss-reactive ketones (excluding diaryl/α,β-unsaturated/α-hetero) is 2. The molecule has 0 aromatic carbocycles. The molecule has 2 unspecified atom stereocenters. The lowest BCUT2D eigenvalue weighted by Gasteiger charge is -2.32. The molecule has 0 aromatic heterocycles. The van der Waals surface area contributed by atoms with Crippen molar-refractivity contribution in [3.8, 4) is 0 Å². The van der Waals surface area contributed by atoms with Crippen LogP contribution in [-0.2, 0) is 14.4 Å². The van der Waals surface area contributed by atoms with Gasteiger partial charge in [0.25, 0.3) is 0 Å². The molecule has 6 nitrogen and oxygen atoms in total. The Bertz CT molecular complexity index is 643. The van der Waals surface area contributed by atoms with Crippen molar-refractivity contribution in [3.05, 3.63) is 0 Å². The highest BCUT2D eigenvalue weighted by Gasteiger charge is 2.33. The number of rotatable bonds is 12. The summed E-state index contributed by atoms with van der Waals surface area (Å²) in [4.78, 5) is 38.0. The molecule has 194 valence electrons. The van der Waals surface area contributed by atoms with Gasteiger partial charge in [0.05, 0.1) is 12.1 Å². The lowest BCUT2D eigenvalue weighted by Crippen LogP contribution is -2.51. The molecular weight excluding hydrogens is 414 g/mol. The van der Waals surface area contributed by atoms with E-state index in [0.717, 1.165) is 19.3 Å². The van der Waals surface area contributed by atoms with Crippen molar-refractivity contribution in [3.63, 3.8) is 0 Å². The average molecular weight is 468 g/mol. The molecule has 0 radical (unpaired) electrons.